The normalized spacial score (nSPS) is 11.4. The monoisotopic (exact) mass is 664 g/mol. The molecule has 3 heterocycles. The van der Waals surface area contributed by atoms with E-state index in [9.17, 15) is 5.26 Å². The van der Waals surface area contributed by atoms with Crippen molar-refractivity contribution in [2.75, 3.05) is 0 Å². The van der Waals surface area contributed by atoms with Crippen molar-refractivity contribution in [1.82, 2.24) is 24.1 Å². The van der Waals surface area contributed by atoms with E-state index in [-0.39, 0.29) is 0 Å². The number of nitrogens with zero attached hydrogens (tertiary/aromatic N) is 6. The lowest BCUT2D eigenvalue weighted by Gasteiger charge is -2.19. The smallest absolute Gasteiger partial charge is 0.165 e. The lowest BCUT2D eigenvalue weighted by molar-refractivity contribution is 1.06. The van der Waals surface area contributed by atoms with Crippen LogP contribution in [-0.2, 0) is 0 Å². The van der Waals surface area contributed by atoms with Gasteiger partial charge in [0.2, 0.25) is 0 Å². The van der Waals surface area contributed by atoms with E-state index >= 15 is 0 Å². The number of hydrogen-bond acceptors (Lipinski definition) is 4. The number of para-hydroxylation sites is 4. The Kier molecular flexibility index (Phi) is 6.76. The largest absolute Gasteiger partial charge is 0.307 e. The van der Waals surface area contributed by atoms with Crippen molar-refractivity contribution < 1.29 is 0 Å². The summed E-state index contributed by atoms with van der Waals surface area (Å²) in [4.78, 5) is 15.0. The number of fused-ring (bicyclic) bond motifs is 6. The van der Waals surface area contributed by atoms with E-state index in [2.05, 4.69) is 118 Å². The highest BCUT2D eigenvalue weighted by molar-refractivity contribution is 6.11. The molecule has 7 aromatic carbocycles. The predicted molar refractivity (Wildman–Crippen MR) is 210 cm³/mol. The fourth-order valence-corrected chi connectivity index (χ4v) is 7.51. The van der Waals surface area contributed by atoms with Crippen LogP contribution in [0.25, 0.3) is 89.2 Å². The summed E-state index contributed by atoms with van der Waals surface area (Å²) in [6.07, 6.45) is 0. The fourth-order valence-electron chi connectivity index (χ4n) is 7.51. The third-order valence-corrected chi connectivity index (χ3v) is 9.82. The molecule has 0 aliphatic carbocycles. The van der Waals surface area contributed by atoms with Gasteiger partial charge in [0, 0.05) is 38.2 Å². The standard InChI is InChI=1S/C46H28N6/c47-29-32-27-42(51-38-23-11-7-19-33(38)34-20-8-12-24-39(34)51)43(52-40-25-13-9-21-35(40)36-22-10-14-26-41(36)52)28-37(32)46-49-44(30-15-3-1-4-16-30)48-45(50-46)31-17-5-2-6-18-31/h1-28H. The Morgan fingerprint density at radius 2 is 0.731 bits per heavy atom. The zero-order valence-electron chi connectivity index (χ0n) is 27.8. The van der Waals surface area contributed by atoms with E-state index in [0.29, 0.717) is 28.6 Å². The van der Waals surface area contributed by atoms with Crippen molar-refractivity contribution in [1.29, 1.82) is 5.26 Å². The van der Waals surface area contributed by atoms with Gasteiger partial charge in [-0.2, -0.15) is 5.26 Å². The van der Waals surface area contributed by atoms with Crippen molar-refractivity contribution >= 4 is 43.6 Å². The summed E-state index contributed by atoms with van der Waals surface area (Å²) in [6, 6.07) is 60.3. The third-order valence-electron chi connectivity index (χ3n) is 9.82. The highest BCUT2D eigenvalue weighted by Crippen LogP contribution is 2.40. The molecule has 0 fully saturated rings. The molecule has 0 bridgehead atoms. The second-order valence-corrected chi connectivity index (χ2v) is 12.8. The molecule has 0 unspecified atom stereocenters. The predicted octanol–water partition coefficient (Wildman–Crippen LogP) is 10.9. The number of aromatic nitrogens is 5. The van der Waals surface area contributed by atoms with E-state index in [4.69, 9.17) is 15.0 Å². The van der Waals surface area contributed by atoms with E-state index in [1.54, 1.807) is 0 Å². The Morgan fingerprint density at radius 3 is 1.13 bits per heavy atom. The summed E-state index contributed by atoms with van der Waals surface area (Å²) >= 11 is 0. The molecule has 10 aromatic rings. The van der Waals surface area contributed by atoms with Gasteiger partial charge < -0.3 is 9.13 Å². The highest BCUT2D eigenvalue weighted by atomic mass is 15.1. The Bertz CT molecular complexity index is 2860. The van der Waals surface area contributed by atoms with Crippen LogP contribution in [0.3, 0.4) is 0 Å². The van der Waals surface area contributed by atoms with Gasteiger partial charge in [0.15, 0.2) is 17.5 Å². The SMILES string of the molecule is N#Cc1cc(-n2c3ccccc3c3ccccc32)c(-n2c3ccccc3c3ccccc32)cc1-c1nc(-c2ccccc2)nc(-c2ccccc2)n1. The summed E-state index contributed by atoms with van der Waals surface area (Å²) < 4.78 is 4.60. The maximum absolute atomic E-state index is 10.9. The van der Waals surface area contributed by atoms with Gasteiger partial charge in [0.1, 0.15) is 0 Å². The fraction of sp³-hybridized carbons (Fsp3) is 0. The molecule has 0 spiro atoms. The van der Waals surface area contributed by atoms with Crippen LogP contribution in [-0.4, -0.2) is 24.1 Å². The topological polar surface area (TPSA) is 72.3 Å². The van der Waals surface area contributed by atoms with E-state index in [1.165, 1.54) is 0 Å². The molecule has 0 saturated carbocycles. The Labute approximate surface area is 299 Å². The summed E-state index contributed by atoms with van der Waals surface area (Å²) in [7, 11) is 0. The Balaban J connectivity index is 1.35. The van der Waals surface area contributed by atoms with Crippen LogP contribution in [0.5, 0.6) is 0 Å². The van der Waals surface area contributed by atoms with Crippen molar-refractivity contribution in [3.8, 4) is 51.6 Å². The second-order valence-electron chi connectivity index (χ2n) is 12.8. The third kappa shape index (κ3) is 4.61. The molecular weight excluding hydrogens is 637 g/mol. The minimum atomic E-state index is 0.431. The maximum Gasteiger partial charge on any atom is 0.165 e. The van der Waals surface area contributed by atoms with Crippen molar-refractivity contribution in [3.05, 3.63) is 175 Å². The molecule has 242 valence electrons. The van der Waals surface area contributed by atoms with Gasteiger partial charge in [0.25, 0.3) is 0 Å². The minimum absolute atomic E-state index is 0.431. The van der Waals surface area contributed by atoms with Crippen molar-refractivity contribution in [2.24, 2.45) is 0 Å². The van der Waals surface area contributed by atoms with Gasteiger partial charge in [-0.15, -0.1) is 0 Å². The first-order valence-corrected chi connectivity index (χ1v) is 17.2. The first-order valence-electron chi connectivity index (χ1n) is 17.2. The van der Waals surface area contributed by atoms with E-state index in [1.807, 2.05) is 66.7 Å². The average molecular weight is 665 g/mol. The van der Waals surface area contributed by atoms with Gasteiger partial charge in [-0.3, -0.25) is 0 Å². The van der Waals surface area contributed by atoms with Crippen LogP contribution in [0, 0.1) is 11.3 Å². The Hall–Kier alpha value is -7.36. The van der Waals surface area contributed by atoms with Crippen LogP contribution in [0.1, 0.15) is 5.56 Å². The summed E-state index contributed by atoms with van der Waals surface area (Å²) in [5.41, 5.74) is 8.84. The lowest BCUT2D eigenvalue weighted by Crippen LogP contribution is -2.07. The molecule has 0 aliphatic heterocycles. The quantitative estimate of drug-likeness (QED) is 0.184. The van der Waals surface area contributed by atoms with Crippen LogP contribution in [0.4, 0.5) is 0 Å². The van der Waals surface area contributed by atoms with Crippen LogP contribution in [0.2, 0.25) is 0 Å². The van der Waals surface area contributed by atoms with Crippen molar-refractivity contribution in [2.45, 2.75) is 0 Å². The lowest BCUT2D eigenvalue weighted by atomic mass is 10.0. The molecule has 6 heteroatoms. The van der Waals surface area contributed by atoms with Crippen LogP contribution in [0.15, 0.2) is 170 Å². The first kappa shape index (κ1) is 29.5. The molecule has 0 N–H and O–H groups in total. The van der Waals surface area contributed by atoms with Crippen molar-refractivity contribution in [3.63, 3.8) is 0 Å². The number of nitriles is 1. The van der Waals surface area contributed by atoms with Gasteiger partial charge in [-0.25, -0.2) is 15.0 Å². The van der Waals surface area contributed by atoms with Gasteiger partial charge >= 0.3 is 0 Å². The maximum atomic E-state index is 10.9. The number of benzene rings is 7. The molecule has 0 amide bonds. The average Bonchev–Trinajstić information content (AvgIpc) is 3.74. The second kappa shape index (κ2) is 11.9. The molecule has 0 radical (unpaired) electrons. The Morgan fingerprint density at radius 1 is 0.385 bits per heavy atom. The zero-order chi connectivity index (χ0) is 34.6. The zero-order valence-corrected chi connectivity index (χ0v) is 27.8. The van der Waals surface area contributed by atoms with Crippen LogP contribution < -0.4 is 0 Å². The minimum Gasteiger partial charge on any atom is -0.307 e. The van der Waals surface area contributed by atoms with E-state index < -0.39 is 0 Å². The summed E-state index contributed by atoms with van der Waals surface area (Å²) in [6.45, 7) is 0. The number of hydrogen-bond donors (Lipinski definition) is 0. The van der Waals surface area contributed by atoms with Gasteiger partial charge in [-0.05, 0) is 36.4 Å². The molecule has 10 rings (SSSR count). The first-order chi connectivity index (χ1) is 25.8. The molecule has 0 saturated heterocycles. The summed E-state index contributed by atoms with van der Waals surface area (Å²) in [5, 5.41) is 15.5. The van der Waals surface area contributed by atoms with E-state index in [0.717, 1.165) is 66.1 Å². The molecule has 6 nitrogen and oxygen atoms in total. The van der Waals surface area contributed by atoms with Gasteiger partial charge in [-0.1, -0.05) is 133 Å². The van der Waals surface area contributed by atoms with Crippen LogP contribution >= 0.6 is 0 Å². The molecule has 3 aromatic heterocycles. The summed E-state index contributed by atoms with van der Waals surface area (Å²) in [5.74, 6) is 1.51. The highest BCUT2D eigenvalue weighted by Gasteiger charge is 2.23. The number of rotatable bonds is 5. The molecular formula is C46H28N6. The molecule has 0 atom stereocenters. The van der Waals surface area contributed by atoms with Gasteiger partial charge in [0.05, 0.1) is 45.1 Å². The molecule has 52 heavy (non-hydrogen) atoms. The molecule has 0 aliphatic rings.